The second kappa shape index (κ2) is 8.84. The SMILES string of the molecule is CCCC(=O)NNC(=O)C(C)Oc1ccc(OCC)cc1. The highest BCUT2D eigenvalue weighted by Gasteiger charge is 2.15. The summed E-state index contributed by atoms with van der Waals surface area (Å²) in [4.78, 5) is 23.0. The van der Waals surface area contributed by atoms with Gasteiger partial charge < -0.3 is 9.47 Å². The summed E-state index contributed by atoms with van der Waals surface area (Å²) in [5.74, 6) is 0.669. The lowest BCUT2D eigenvalue weighted by Crippen LogP contribution is -2.47. The normalized spacial score (nSPS) is 11.4. The third kappa shape index (κ3) is 6.16. The van der Waals surface area contributed by atoms with Crippen LogP contribution in [-0.2, 0) is 9.59 Å². The first-order valence-electron chi connectivity index (χ1n) is 7.05. The zero-order valence-electron chi connectivity index (χ0n) is 12.6. The summed E-state index contributed by atoms with van der Waals surface area (Å²) < 4.78 is 10.8. The van der Waals surface area contributed by atoms with E-state index in [-0.39, 0.29) is 5.91 Å². The van der Waals surface area contributed by atoms with Crippen LogP contribution in [0, 0.1) is 0 Å². The molecule has 0 aromatic heterocycles. The van der Waals surface area contributed by atoms with Crippen molar-refractivity contribution in [2.75, 3.05) is 6.61 Å². The van der Waals surface area contributed by atoms with Crippen LogP contribution in [0.5, 0.6) is 11.5 Å². The quantitative estimate of drug-likeness (QED) is 0.752. The average Bonchev–Trinajstić information content (AvgIpc) is 2.47. The van der Waals surface area contributed by atoms with Crippen LogP contribution in [0.25, 0.3) is 0 Å². The number of carbonyl (C=O) groups excluding carboxylic acids is 2. The summed E-state index contributed by atoms with van der Waals surface area (Å²) >= 11 is 0. The highest BCUT2D eigenvalue weighted by Crippen LogP contribution is 2.18. The van der Waals surface area contributed by atoms with Crippen LogP contribution in [0.1, 0.15) is 33.6 Å². The van der Waals surface area contributed by atoms with Crippen molar-refractivity contribution in [3.8, 4) is 11.5 Å². The van der Waals surface area contributed by atoms with Gasteiger partial charge in [0.15, 0.2) is 6.10 Å². The molecular weight excluding hydrogens is 272 g/mol. The highest BCUT2D eigenvalue weighted by molar-refractivity contribution is 5.84. The predicted molar refractivity (Wildman–Crippen MR) is 78.9 cm³/mol. The second-order valence-electron chi connectivity index (χ2n) is 4.45. The highest BCUT2D eigenvalue weighted by atomic mass is 16.5. The third-order valence-corrected chi connectivity index (χ3v) is 2.62. The van der Waals surface area contributed by atoms with Crippen LogP contribution in [0.4, 0.5) is 0 Å². The maximum Gasteiger partial charge on any atom is 0.279 e. The van der Waals surface area contributed by atoms with Gasteiger partial charge in [0.05, 0.1) is 6.61 Å². The van der Waals surface area contributed by atoms with Gasteiger partial charge in [0.1, 0.15) is 11.5 Å². The first-order valence-corrected chi connectivity index (χ1v) is 7.05. The lowest BCUT2D eigenvalue weighted by molar-refractivity contribution is -0.132. The predicted octanol–water partition coefficient (Wildman–Crippen LogP) is 1.80. The number of hydrogen-bond donors (Lipinski definition) is 2. The van der Waals surface area contributed by atoms with Gasteiger partial charge in [-0.3, -0.25) is 20.4 Å². The summed E-state index contributed by atoms with van der Waals surface area (Å²) in [7, 11) is 0. The molecule has 1 atom stereocenters. The Labute approximate surface area is 124 Å². The molecule has 0 bridgehead atoms. The van der Waals surface area contributed by atoms with Gasteiger partial charge in [-0.1, -0.05) is 6.92 Å². The largest absolute Gasteiger partial charge is 0.494 e. The van der Waals surface area contributed by atoms with Crippen LogP contribution < -0.4 is 20.3 Å². The van der Waals surface area contributed by atoms with E-state index in [0.29, 0.717) is 18.8 Å². The van der Waals surface area contributed by atoms with E-state index in [4.69, 9.17) is 9.47 Å². The number of ether oxygens (including phenoxy) is 2. The second-order valence-corrected chi connectivity index (χ2v) is 4.45. The van der Waals surface area contributed by atoms with Crippen LogP contribution in [-0.4, -0.2) is 24.5 Å². The van der Waals surface area contributed by atoms with Gasteiger partial charge in [-0.2, -0.15) is 0 Å². The molecule has 0 aliphatic heterocycles. The summed E-state index contributed by atoms with van der Waals surface area (Å²) in [6.07, 6.45) is 0.374. The molecule has 1 unspecified atom stereocenters. The molecule has 0 saturated heterocycles. The van der Waals surface area contributed by atoms with Crippen LogP contribution in [0.3, 0.4) is 0 Å². The molecule has 6 nitrogen and oxygen atoms in total. The molecule has 0 spiro atoms. The Bertz CT molecular complexity index is 459. The maximum atomic E-state index is 11.8. The maximum absolute atomic E-state index is 11.8. The minimum Gasteiger partial charge on any atom is -0.494 e. The molecule has 2 N–H and O–H groups in total. The minimum atomic E-state index is -0.718. The van der Waals surface area contributed by atoms with E-state index in [0.717, 1.165) is 12.2 Å². The van der Waals surface area contributed by atoms with E-state index in [2.05, 4.69) is 10.9 Å². The summed E-state index contributed by atoms with van der Waals surface area (Å²) in [5.41, 5.74) is 4.67. The first kappa shape index (κ1) is 16.8. The van der Waals surface area contributed by atoms with Crippen LogP contribution in [0.2, 0.25) is 0 Å². The Morgan fingerprint density at radius 1 is 1.10 bits per heavy atom. The molecule has 1 aromatic rings. The van der Waals surface area contributed by atoms with E-state index in [1.54, 1.807) is 31.2 Å². The van der Waals surface area contributed by atoms with Gasteiger partial charge in [0.2, 0.25) is 5.91 Å². The van der Waals surface area contributed by atoms with Gasteiger partial charge in [-0.05, 0) is 44.5 Å². The molecule has 6 heteroatoms. The zero-order chi connectivity index (χ0) is 15.7. The van der Waals surface area contributed by atoms with Crippen molar-refractivity contribution in [1.29, 1.82) is 0 Å². The molecule has 1 aromatic carbocycles. The Morgan fingerprint density at radius 2 is 1.71 bits per heavy atom. The Kier molecular flexibility index (Phi) is 7.08. The van der Waals surface area contributed by atoms with Gasteiger partial charge >= 0.3 is 0 Å². The fraction of sp³-hybridized carbons (Fsp3) is 0.467. The van der Waals surface area contributed by atoms with Gasteiger partial charge in [0, 0.05) is 6.42 Å². The average molecular weight is 294 g/mol. The van der Waals surface area contributed by atoms with E-state index < -0.39 is 12.0 Å². The smallest absolute Gasteiger partial charge is 0.279 e. The number of carbonyl (C=O) groups is 2. The topological polar surface area (TPSA) is 76.7 Å². The number of hydrazine groups is 1. The van der Waals surface area contributed by atoms with Gasteiger partial charge in [0.25, 0.3) is 5.91 Å². The van der Waals surface area contributed by atoms with Crippen molar-refractivity contribution in [1.82, 2.24) is 10.9 Å². The fourth-order valence-corrected chi connectivity index (χ4v) is 1.56. The lowest BCUT2D eigenvalue weighted by atomic mass is 10.3. The Hall–Kier alpha value is -2.24. The Balaban J connectivity index is 2.42. The van der Waals surface area contributed by atoms with E-state index in [1.807, 2.05) is 13.8 Å². The van der Waals surface area contributed by atoms with Crippen LogP contribution >= 0.6 is 0 Å². The number of hydrogen-bond acceptors (Lipinski definition) is 4. The fourth-order valence-electron chi connectivity index (χ4n) is 1.56. The van der Waals surface area contributed by atoms with Gasteiger partial charge in [-0.25, -0.2) is 0 Å². The number of benzene rings is 1. The van der Waals surface area contributed by atoms with Crippen molar-refractivity contribution in [2.45, 2.75) is 39.7 Å². The third-order valence-electron chi connectivity index (χ3n) is 2.62. The van der Waals surface area contributed by atoms with Crippen molar-refractivity contribution in [3.63, 3.8) is 0 Å². The van der Waals surface area contributed by atoms with Crippen molar-refractivity contribution in [2.24, 2.45) is 0 Å². The number of amides is 2. The molecule has 0 saturated carbocycles. The number of rotatable bonds is 7. The van der Waals surface area contributed by atoms with E-state index in [9.17, 15) is 9.59 Å². The molecule has 2 amide bonds. The molecule has 21 heavy (non-hydrogen) atoms. The van der Waals surface area contributed by atoms with E-state index >= 15 is 0 Å². The first-order chi connectivity index (χ1) is 10.1. The molecule has 0 aliphatic rings. The summed E-state index contributed by atoms with van der Waals surface area (Å²) in [6, 6.07) is 6.99. The molecule has 0 radical (unpaired) electrons. The molecular formula is C15H22N2O4. The molecule has 0 aliphatic carbocycles. The van der Waals surface area contributed by atoms with Gasteiger partial charge in [-0.15, -0.1) is 0 Å². The minimum absolute atomic E-state index is 0.223. The van der Waals surface area contributed by atoms with E-state index in [1.165, 1.54) is 0 Å². The van der Waals surface area contributed by atoms with Crippen molar-refractivity contribution < 1.29 is 19.1 Å². The van der Waals surface area contributed by atoms with Crippen molar-refractivity contribution >= 4 is 11.8 Å². The molecule has 0 fully saturated rings. The molecule has 116 valence electrons. The molecule has 1 rings (SSSR count). The molecule has 0 heterocycles. The summed E-state index contributed by atoms with van der Waals surface area (Å²) in [6.45, 7) is 6.00. The zero-order valence-corrected chi connectivity index (χ0v) is 12.6. The lowest BCUT2D eigenvalue weighted by Gasteiger charge is -2.15. The van der Waals surface area contributed by atoms with Crippen molar-refractivity contribution in [3.05, 3.63) is 24.3 Å². The number of nitrogens with one attached hydrogen (secondary N) is 2. The monoisotopic (exact) mass is 294 g/mol. The Morgan fingerprint density at radius 3 is 2.29 bits per heavy atom. The van der Waals surface area contributed by atoms with Crippen LogP contribution in [0.15, 0.2) is 24.3 Å². The summed E-state index contributed by atoms with van der Waals surface area (Å²) in [5, 5.41) is 0. The standard InChI is InChI=1S/C15H22N2O4/c1-4-6-14(18)16-17-15(19)11(3)21-13-9-7-12(8-10-13)20-5-2/h7-11H,4-6H2,1-3H3,(H,16,18)(H,17,19).